The summed E-state index contributed by atoms with van der Waals surface area (Å²) in [7, 11) is 0. The molecule has 1 N–H and O–H groups in total. The Morgan fingerprint density at radius 2 is 1.77 bits per heavy atom. The Kier molecular flexibility index (Phi) is 5.48. The van der Waals surface area contributed by atoms with E-state index in [0.29, 0.717) is 25.1 Å². The molecule has 1 fully saturated rings. The van der Waals surface area contributed by atoms with Gasteiger partial charge in [-0.3, -0.25) is 9.59 Å². The number of aliphatic hydroxyl groups is 1. The zero-order valence-electron chi connectivity index (χ0n) is 16.7. The number of nitrogens with zero attached hydrogens (tertiary/aromatic N) is 3. The molecule has 2 aromatic carbocycles. The van der Waals surface area contributed by atoms with Crippen molar-refractivity contribution in [3.63, 3.8) is 0 Å². The molecule has 1 atom stereocenters. The van der Waals surface area contributed by atoms with Gasteiger partial charge in [0.05, 0.1) is 17.9 Å². The third-order valence-corrected chi connectivity index (χ3v) is 5.35. The number of carbonyl (C=O) groups is 2. The first kappa shape index (κ1) is 19.6. The van der Waals surface area contributed by atoms with Gasteiger partial charge in [0.2, 0.25) is 0 Å². The Hall–Kier alpha value is -3.67. The van der Waals surface area contributed by atoms with Crippen LogP contribution in [0.1, 0.15) is 29.2 Å². The van der Waals surface area contributed by atoms with Crippen molar-refractivity contribution in [1.82, 2.24) is 14.5 Å². The van der Waals surface area contributed by atoms with Gasteiger partial charge in [-0.1, -0.05) is 60.2 Å². The Bertz CT molecular complexity index is 1070. The Morgan fingerprint density at radius 3 is 2.43 bits per heavy atom. The molecular weight excluding hydrogens is 378 g/mol. The molecule has 6 heteroatoms. The van der Waals surface area contributed by atoms with Crippen LogP contribution >= 0.6 is 0 Å². The molecule has 0 saturated carbocycles. The fourth-order valence-electron chi connectivity index (χ4n) is 3.80. The Labute approximate surface area is 175 Å². The molecule has 30 heavy (non-hydrogen) atoms. The molecule has 1 amide bonds. The summed E-state index contributed by atoms with van der Waals surface area (Å²) in [5.41, 5.74) is 2.51. The second-order valence-corrected chi connectivity index (χ2v) is 7.42. The van der Waals surface area contributed by atoms with E-state index in [1.165, 1.54) is 0 Å². The quantitative estimate of drug-likeness (QED) is 0.388. The van der Waals surface area contributed by atoms with Crippen LogP contribution in [0.2, 0.25) is 0 Å². The molecule has 2 heterocycles. The SMILES string of the molecule is Cc1ccc(/C(O)=C2/C(=O)C(=O)N(CCCn3ccnc3)C2c2ccccc2)cc1. The number of hydrogen-bond donors (Lipinski definition) is 1. The van der Waals surface area contributed by atoms with Crippen molar-refractivity contribution in [3.05, 3.63) is 95.6 Å². The first-order chi connectivity index (χ1) is 14.6. The summed E-state index contributed by atoms with van der Waals surface area (Å²) in [5.74, 6) is -1.37. The van der Waals surface area contributed by atoms with Gasteiger partial charge >= 0.3 is 0 Å². The number of likely N-dealkylation sites (tertiary alicyclic amines) is 1. The number of aromatic nitrogens is 2. The van der Waals surface area contributed by atoms with Crippen LogP contribution in [0, 0.1) is 6.92 Å². The third-order valence-electron chi connectivity index (χ3n) is 5.35. The van der Waals surface area contributed by atoms with Crippen molar-refractivity contribution < 1.29 is 14.7 Å². The van der Waals surface area contributed by atoms with Crippen LogP contribution in [0.3, 0.4) is 0 Å². The van der Waals surface area contributed by atoms with Gasteiger partial charge in [0.1, 0.15) is 5.76 Å². The third kappa shape index (κ3) is 3.76. The van der Waals surface area contributed by atoms with Crippen molar-refractivity contribution in [3.8, 4) is 0 Å². The Balaban J connectivity index is 1.71. The maximum Gasteiger partial charge on any atom is 0.295 e. The lowest BCUT2D eigenvalue weighted by Crippen LogP contribution is -2.31. The zero-order chi connectivity index (χ0) is 21.1. The van der Waals surface area contributed by atoms with Gasteiger partial charge in [-0.2, -0.15) is 0 Å². The molecule has 6 nitrogen and oxygen atoms in total. The number of aryl methyl sites for hydroxylation is 2. The van der Waals surface area contributed by atoms with Gasteiger partial charge in [0.15, 0.2) is 0 Å². The summed E-state index contributed by atoms with van der Waals surface area (Å²) < 4.78 is 1.93. The number of carbonyl (C=O) groups excluding carboxylic acids is 2. The summed E-state index contributed by atoms with van der Waals surface area (Å²) in [6, 6.07) is 16.0. The number of benzene rings is 2. The van der Waals surface area contributed by atoms with Crippen LogP contribution in [0.5, 0.6) is 0 Å². The zero-order valence-corrected chi connectivity index (χ0v) is 16.7. The summed E-state index contributed by atoms with van der Waals surface area (Å²) in [5, 5.41) is 11.0. The maximum absolute atomic E-state index is 12.9. The molecule has 152 valence electrons. The minimum atomic E-state index is -0.649. The molecule has 1 saturated heterocycles. The summed E-state index contributed by atoms with van der Waals surface area (Å²) in [4.78, 5) is 31.4. The van der Waals surface area contributed by atoms with E-state index in [9.17, 15) is 14.7 Å². The van der Waals surface area contributed by atoms with Gasteiger partial charge in [-0.15, -0.1) is 0 Å². The first-order valence-corrected chi connectivity index (χ1v) is 9.92. The number of imidazole rings is 1. The number of ketones is 1. The minimum Gasteiger partial charge on any atom is -0.507 e. The molecule has 0 aliphatic carbocycles. The highest BCUT2D eigenvalue weighted by atomic mass is 16.3. The number of rotatable bonds is 6. The van der Waals surface area contributed by atoms with Crippen molar-refractivity contribution in [2.45, 2.75) is 25.9 Å². The van der Waals surface area contributed by atoms with Gasteiger partial charge < -0.3 is 14.6 Å². The van der Waals surface area contributed by atoms with Crippen molar-refractivity contribution in [2.75, 3.05) is 6.54 Å². The highest BCUT2D eigenvalue weighted by Gasteiger charge is 2.45. The number of hydrogen-bond acceptors (Lipinski definition) is 4. The maximum atomic E-state index is 12.9. The molecule has 0 radical (unpaired) electrons. The number of amides is 1. The predicted octanol–water partition coefficient (Wildman–Crippen LogP) is 3.70. The van der Waals surface area contributed by atoms with E-state index in [1.807, 2.05) is 60.2 Å². The summed E-state index contributed by atoms with van der Waals surface area (Å²) in [6.45, 7) is 3.03. The second-order valence-electron chi connectivity index (χ2n) is 7.42. The van der Waals surface area contributed by atoms with Crippen molar-refractivity contribution >= 4 is 17.4 Å². The van der Waals surface area contributed by atoms with Gasteiger partial charge in [0.25, 0.3) is 11.7 Å². The normalized spacial score (nSPS) is 18.2. The topological polar surface area (TPSA) is 75.4 Å². The monoisotopic (exact) mass is 401 g/mol. The van der Waals surface area contributed by atoms with E-state index < -0.39 is 17.7 Å². The minimum absolute atomic E-state index is 0.137. The van der Waals surface area contributed by atoms with Crippen molar-refractivity contribution in [1.29, 1.82) is 0 Å². The van der Waals surface area contributed by atoms with E-state index in [4.69, 9.17) is 0 Å². The molecular formula is C24H23N3O3. The average molecular weight is 401 g/mol. The number of Topliss-reactive ketones (excluding diaryl/α,β-unsaturated/α-hetero) is 1. The van der Waals surface area contributed by atoms with E-state index in [-0.39, 0.29) is 11.3 Å². The van der Waals surface area contributed by atoms with Gasteiger partial charge in [0, 0.05) is 31.0 Å². The Morgan fingerprint density at radius 1 is 1.03 bits per heavy atom. The fourth-order valence-corrected chi connectivity index (χ4v) is 3.80. The second kappa shape index (κ2) is 8.37. The van der Waals surface area contributed by atoms with E-state index >= 15 is 0 Å². The van der Waals surface area contributed by atoms with Crippen LogP contribution in [0.25, 0.3) is 5.76 Å². The highest BCUT2D eigenvalue weighted by molar-refractivity contribution is 6.46. The fraction of sp³-hybridized carbons (Fsp3) is 0.208. The van der Waals surface area contributed by atoms with Crippen molar-refractivity contribution in [2.24, 2.45) is 0 Å². The lowest BCUT2D eigenvalue weighted by Gasteiger charge is -2.25. The predicted molar refractivity (Wildman–Crippen MR) is 113 cm³/mol. The van der Waals surface area contributed by atoms with Gasteiger partial charge in [-0.25, -0.2) is 4.98 Å². The molecule has 1 aliphatic heterocycles. The summed E-state index contributed by atoms with van der Waals surface area (Å²) in [6.07, 6.45) is 5.95. The highest BCUT2D eigenvalue weighted by Crippen LogP contribution is 2.39. The van der Waals surface area contributed by atoms with E-state index in [2.05, 4.69) is 4.98 Å². The van der Waals surface area contributed by atoms with Crippen LogP contribution < -0.4 is 0 Å². The molecule has 1 aliphatic rings. The average Bonchev–Trinajstić information content (AvgIpc) is 3.37. The summed E-state index contributed by atoms with van der Waals surface area (Å²) >= 11 is 0. The van der Waals surface area contributed by atoms with E-state index in [0.717, 1.165) is 11.1 Å². The largest absolute Gasteiger partial charge is 0.507 e. The standard InChI is InChI=1S/C24H23N3O3/c1-17-8-10-19(11-9-17)22(28)20-21(18-6-3-2-4-7-18)27(24(30)23(20)29)14-5-13-26-15-12-25-16-26/h2-4,6-12,15-16,21,28H,5,13-14H2,1H3/b22-20-. The molecule has 0 bridgehead atoms. The molecule has 1 unspecified atom stereocenters. The lowest BCUT2D eigenvalue weighted by atomic mass is 9.95. The van der Waals surface area contributed by atoms with Crippen LogP contribution in [-0.2, 0) is 16.1 Å². The van der Waals surface area contributed by atoms with Crippen LogP contribution in [0.15, 0.2) is 78.9 Å². The van der Waals surface area contributed by atoms with Crippen LogP contribution in [-0.4, -0.2) is 37.8 Å². The smallest absolute Gasteiger partial charge is 0.295 e. The molecule has 3 aromatic rings. The molecule has 4 rings (SSSR count). The number of aliphatic hydroxyl groups excluding tert-OH is 1. The van der Waals surface area contributed by atoms with Gasteiger partial charge in [-0.05, 0) is 18.9 Å². The van der Waals surface area contributed by atoms with E-state index in [1.54, 1.807) is 29.6 Å². The van der Waals surface area contributed by atoms with Crippen LogP contribution in [0.4, 0.5) is 0 Å². The molecule has 0 spiro atoms. The molecule has 1 aromatic heterocycles. The lowest BCUT2D eigenvalue weighted by molar-refractivity contribution is -0.139. The first-order valence-electron chi connectivity index (χ1n) is 9.92.